The van der Waals surface area contributed by atoms with Gasteiger partial charge >= 0.3 is 12.1 Å². The number of fused-ring (bicyclic) bond motifs is 1. The zero-order valence-corrected chi connectivity index (χ0v) is 9.60. The molecule has 8 heteroatoms. The standard InChI is InChI=1S/C10H12F3N3O2/c1-2-18-9(17)8-5-4-14-7(10(11,12)13)3-6(5)15-16-8/h7,14H,2-4H2,1H3,(H,15,16). The maximum Gasteiger partial charge on any atom is 0.404 e. The first-order valence-corrected chi connectivity index (χ1v) is 5.46. The largest absolute Gasteiger partial charge is 0.461 e. The molecule has 0 fully saturated rings. The van der Waals surface area contributed by atoms with Gasteiger partial charge in [-0.3, -0.25) is 5.10 Å². The van der Waals surface area contributed by atoms with Crippen molar-refractivity contribution in [1.82, 2.24) is 15.5 Å². The molecule has 100 valence electrons. The third kappa shape index (κ3) is 2.33. The van der Waals surface area contributed by atoms with Crippen molar-refractivity contribution in [2.75, 3.05) is 6.61 Å². The van der Waals surface area contributed by atoms with E-state index in [0.29, 0.717) is 11.3 Å². The lowest BCUT2D eigenvalue weighted by molar-refractivity contribution is -0.157. The van der Waals surface area contributed by atoms with E-state index in [1.54, 1.807) is 6.92 Å². The van der Waals surface area contributed by atoms with Crippen molar-refractivity contribution >= 4 is 5.97 Å². The van der Waals surface area contributed by atoms with Gasteiger partial charge in [0, 0.05) is 24.2 Å². The number of hydrogen-bond donors (Lipinski definition) is 2. The third-order valence-electron chi connectivity index (χ3n) is 2.75. The summed E-state index contributed by atoms with van der Waals surface area (Å²) in [6.45, 7) is 1.79. The molecule has 1 aromatic rings. The minimum Gasteiger partial charge on any atom is -0.461 e. The van der Waals surface area contributed by atoms with Gasteiger partial charge in [-0.1, -0.05) is 0 Å². The minimum absolute atomic E-state index is 0.0514. The van der Waals surface area contributed by atoms with Gasteiger partial charge in [-0.05, 0) is 6.92 Å². The summed E-state index contributed by atoms with van der Waals surface area (Å²) in [6.07, 6.45) is -4.57. The number of rotatable bonds is 2. The molecule has 2 rings (SSSR count). The van der Waals surface area contributed by atoms with E-state index in [1.165, 1.54) is 0 Å². The van der Waals surface area contributed by atoms with Crippen LogP contribution in [0.1, 0.15) is 28.7 Å². The molecule has 0 saturated carbocycles. The van der Waals surface area contributed by atoms with E-state index in [-0.39, 0.29) is 25.3 Å². The zero-order chi connectivity index (χ0) is 13.3. The highest BCUT2D eigenvalue weighted by molar-refractivity contribution is 5.89. The van der Waals surface area contributed by atoms with E-state index in [0.717, 1.165) is 0 Å². The van der Waals surface area contributed by atoms with Crippen LogP contribution in [0.2, 0.25) is 0 Å². The first-order valence-electron chi connectivity index (χ1n) is 5.46. The van der Waals surface area contributed by atoms with Crippen LogP contribution in [0.3, 0.4) is 0 Å². The van der Waals surface area contributed by atoms with Crippen LogP contribution in [-0.4, -0.2) is 35.0 Å². The van der Waals surface area contributed by atoms with Gasteiger partial charge in [-0.2, -0.15) is 18.3 Å². The molecule has 2 heterocycles. The van der Waals surface area contributed by atoms with Crippen molar-refractivity contribution in [2.24, 2.45) is 0 Å². The van der Waals surface area contributed by atoms with Gasteiger partial charge in [0.15, 0.2) is 5.69 Å². The Bertz CT molecular complexity index is 456. The number of aromatic amines is 1. The van der Waals surface area contributed by atoms with E-state index < -0.39 is 18.2 Å². The minimum atomic E-state index is -4.31. The monoisotopic (exact) mass is 263 g/mol. The number of ether oxygens (including phenoxy) is 1. The molecule has 18 heavy (non-hydrogen) atoms. The molecule has 0 spiro atoms. The van der Waals surface area contributed by atoms with Crippen LogP contribution in [0, 0.1) is 0 Å². The fourth-order valence-electron chi connectivity index (χ4n) is 1.86. The van der Waals surface area contributed by atoms with Gasteiger partial charge < -0.3 is 10.1 Å². The summed E-state index contributed by atoms with van der Waals surface area (Å²) < 4.78 is 42.4. The molecule has 2 N–H and O–H groups in total. The lowest BCUT2D eigenvalue weighted by Gasteiger charge is -2.25. The van der Waals surface area contributed by atoms with Gasteiger partial charge in [-0.15, -0.1) is 0 Å². The van der Waals surface area contributed by atoms with Crippen molar-refractivity contribution in [1.29, 1.82) is 0 Å². The molecule has 1 atom stereocenters. The van der Waals surface area contributed by atoms with Crippen LogP contribution >= 0.6 is 0 Å². The highest BCUT2D eigenvalue weighted by Crippen LogP contribution is 2.28. The Hall–Kier alpha value is -1.57. The van der Waals surface area contributed by atoms with Crippen LogP contribution < -0.4 is 5.32 Å². The molecule has 5 nitrogen and oxygen atoms in total. The summed E-state index contributed by atoms with van der Waals surface area (Å²) in [4.78, 5) is 11.5. The van der Waals surface area contributed by atoms with Crippen molar-refractivity contribution in [3.05, 3.63) is 17.0 Å². The second-order valence-electron chi connectivity index (χ2n) is 3.93. The molecule has 0 amide bonds. The van der Waals surface area contributed by atoms with Crippen LogP contribution in [0.15, 0.2) is 0 Å². The average molecular weight is 263 g/mol. The Balaban J connectivity index is 2.20. The zero-order valence-electron chi connectivity index (χ0n) is 9.60. The Morgan fingerprint density at radius 3 is 2.89 bits per heavy atom. The first-order chi connectivity index (χ1) is 8.43. The quantitative estimate of drug-likeness (QED) is 0.786. The molecule has 1 aliphatic rings. The van der Waals surface area contributed by atoms with Crippen LogP contribution in [0.4, 0.5) is 13.2 Å². The van der Waals surface area contributed by atoms with E-state index in [9.17, 15) is 18.0 Å². The van der Waals surface area contributed by atoms with Gasteiger partial charge in [-0.25, -0.2) is 4.79 Å². The van der Waals surface area contributed by atoms with Crippen molar-refractivity contribution in [2.45, 2.75) is 32.1 Å². The molecule has 0 saturated heterocycles. The molecular weight excluding hydrogens is 251 g/mol. The highest BCUT2D eigenvalue weighted by atomic mass is 19.4. The van der Waals surface area contributed by atoms with E-state index in [4.69, 9.17) is 4.74 Å². The molecular formula is C10H12F3N3O2. The fourth-order valence-corrected chi connectivity index (χ4v) is 1.86. The third-order valence-corrected chi connectivity index (χ3v) is 2.75. The summed E-state index contributed by atoms with van der Waals surface area (Å²) in [5.41, 5.74) is 0.841. The first kappa shape index (κ1) is 12.9. The van der Waals surface area contributed by atoms with Gasteiger partial charge in [0.2, 0.25) is 0 Å². The van der Waals surface area contributed by atoms with E-state index >= 15 is 0 Å². The number of alkyl halides is 3. The maximum absolute atomic E-state index is 12.5. The normalized spacial score (nSPS) is 19.4. The average Bonchev–Trinajstić information content (AvgIpc) is 2.70. The molecule has 0 radical (unpaired) electrons. The topological polar surface area (TPSA) is 67.0 Å². The number of nitrogens with one attached hydrogen (secondary N) is 2. The Morgan fingerprint density at radius 1 is 1.56 bits per heavy atom. The van der Waals surface area contributed by atoms with Crippen molar-refractivity contribution < 1.29 is 22.7 Å². The Morgan fingerprint density at radius 2 is 2.28 bits per heavy atom. The van der Waals surface area contributed by atoms with Gasteiger partial charge in [0.25, 0.3) is 0 Å². The number of carbonyl (C=O) groups is 1. The number of esters is 1. The van der Waals surface area contributed by atoms with E-state index in [2.05, 4.69) is 15.5 Å². The Labute approximate surface area is 101 Å². The number of halogens is 3. The smallest absolute Gasteiger partial charge is 0.404 e. The molecule has 0 bridgehead atoms. The summed E-state index contributed by atoms with van der Waals surface area (Å²) >= 11 is 0. The van der Waals surface area contributed by atoms with Crippen LogP contribution in [-0.2, 0) is 17.7 Å². The molecule has 0 aliphatic carbocycles. The summed E-state index contributed by atoms with van der Waals surface area (Å²) in [5.74, 6) is -0.623. The number of aromatic nitrogens is 2. The number of nitrogens with zero attached hydrogens (tertiary/aromatic N) is 1. The summed E-state index contributed by atoms with van der Waals surface area (Å²) in [7, 11) is 0. The highest BCUT2D eigenvalue weighted by Gasteiger charge is 2.42. The summed E-state index contributed by atoms with van der Waals surface area (Å²) in [5, 5.41) is 8.55. The number of H-pyrrole nitrogens is 1. The molecule has 1 aromatic heterocycles. The molecule has 0 aromatic carbocycles. The molecule has 1 unspecified atom stereocenters. The van der Waals surface area contributed by atoms with Crippen LogP contribution in [0.5, 0.6) is 0 Å². The molecule has 1 aliphatic heterocycles. The van der Waals surface area contributed by atoms with E-state index in [1.807, 2.05) is 0 Å². The van der Waals surface area contributed by atoms with Gasteiger partial charge in [0.05, 0.1) is 6.61 Å². The maximum atomic E-state index is 12.5. The SMILES string of the molecule is CCOC(=O)c1n[nH]c2c1CNC(C(F)(F)F)C2. The second kappa shape index (κ2) is 4.60. The lowest BCUT2D eigenvalue weighted by atomic mass is 10.0. The second-order valence-corrected chi connectivity index (χ2v) is 3.93. The number of carbonyl (C=O) groups excluding carboxylic acids is 1. The lowest BCUT2D eigenvalue weighted by Crippen LogP contribution is -2.46. The number of hydrogen-bond acceptors (Lipinski definition) is 4. The fraction of sp³-hybridized carbons (Fsp3) is 0.600. The van der Waals surface area contributed by atoms with Crippen molar-refractivity contribution in [3.8, 4) is 0 Å². The predicted octanol–water partition coefficient (Wildman–Crippen LogP) is 1.16. The van der Waals surface area contributed by atoms with Crippen molar-refractivity contribution in [3.63, 3.8) is 0 Å². The Kier molecular flexibility index (Phi) is 3.29. The van der Waals surface area contributed by atoms with Gasteiger partial charge in [0.1, 0.15) is 6.04 Å². The predicted molar refractivity (Wildman–Crippen MR) is 54.9 cm³/mol. The summed E-state index contributed by atoms with van der Waals surface area (Å²) in [6, 6.07) is -1.61. The van der Waals surface area contributed by atoms with Crippen LogP contribution in [0.25, 0.3) is 0 Å².